The third-order valence-corrected chi connectivity index (χ3v) is 12.3. The minimum absolute atomic E-state index is 0.0972. The number of hydrogen-bond acceptors (Lipinski definition) is 7. The molecular weight excluding hydrogens is 955 g/mol. The molecule has 0 bridgehead atoms. The van der Waals surface area contributed by atoms with Gasteiger partial charge in [-0.25, -0.2) is 0 Å². The van der Waals surface area contributed by atoms with Crippen molar-refractivity contribution in [2.24, 2.45) is 0 Å². The highest BCUT2D eigenvalue weighted by Gasteiger charge is 2.86. The van der Waals surface area contributed by atoms with Gasteiger partial charge in [-0.05, 0) is 59.4 Å². The van der Waals surface area contributed by atoms with E-state index < -0.39 is 74.3 Å². The monoisotopic (exact) mass is 976 g/mol. The van der Waals surface area contributed by atoms with E-state index in [0.717, 1.165) is 11.7 Å². The van der Waals surface area contributed by atoms with E-state index in [0.29, 0.717) is 52.8 Å². The highest BCUT2D eigenvalue weighted by molar-refractivity contribution is 7.19. The van der Waals surface area contributed by atoms with Gasteiger partial charge in [0.1, 0.15) is 11.0 Å². The maximum atomic E-state index is 13.2. The Labute approximate surface area is 354 Å². The van der Waals surface area contributed by atoms with Gasteiger partial charge in [-0.1, -0.05) is 60.7 Å². The molecule has 0 saturated carbocycles. The van der Waals surface area contributed by atoms with Gasteiger partial charge in [-0.2, -0.15) is 87.8 Å². The number of nitrogens with zero attached hydrogens (tertiary/aromatic N) is 2. The number of fused-ring (bicyclic) bond motifs is 1. The van der Waals surface area contributed by atoms with Gasteiger partial charge in [-0.15, -0.1) is 22.7 Å². The molecule has 0 fully saturated rings. The largest absolute Gasteiger partial charge is 0.435 e. The number of halogens is 18. The van der Waals surface area contributed by atoms with E-state index >= 15 is 0 Å². The van der Waals surface area contributed by atoms with Gasteiger partial charge in [-0.3, -0.25) is 0 Å². The summed E-state index contributed by atoms with van der Waals surface area (Å²) in [6, 6.07) is 21.7. The molecular formula is C38H22F18N2O2S3. The van der Waals surface area contributed by atoms with Crippen molar-refractivity contribution in [3.63, 3.8) is 0 Å². The van der Waals surface area contributed by atoms with Crippen molar-refractivity contribution in [2.45, 2.75) is 61.1 Å². The van der Waals surface area contributed by atoms with Crippen LogP contribution >= 0.6 is 34.4 Å². The van der Waals surface area contributed by atoms with Gasteiger partial charge in [0.05, 0.1) is 24.9 Å². The predicted octanol–water partition coefficient (Wildman–Crippen LogP) is 14.5. The van der Waals surface area contributed by atoms with E-state index in [1.807, 2.05) is 0 Å². The van der Waals surface area contributed by atoms with E-state index in [1.165, 1.54) is 71.2 Å². The number of benzene rings is 3. The lowest BCUT2D eigenvalue weighted by atomic mass is 10.0. The fourth-order valence-electron chi connectivity index (χ4n) is 6.31. The third-order valence-electron chi connectivity index (χ3n) is 9.45. The second-order valence-corrected chi connectivity index (χ2v) is 16.1. The van der Waals surface area contributed by atoms with Gasteiger partial charge >= 0.3 is 48.3 Å². The number of thiophene rings is 2. The van der Waals surface area contributed by atoms with Crippen molar-refractivity contribution in [1.29, 1.82) is 0 Å². The summed E-state index contributed by atoms with van der Waals surface area (Å²) in [6.07, 6.45) is -42.5. The number of hydrogen-bond donors (Lipinski definition) is 0. The molecule has 25 heteroatoms. The van der Waals surface area contributed by atoms with E-state index in [1.54, 1.807) is 36.4 Å². The first-order valence-electron chi connectivity index (χ1n) is 17.3. The first-order chi connectivity index (χ1) is 29.0. The molecule has 0 atom stereocenters. The molecule has 0 radical (unpaired) electrons. The highest BCUT2D eigenvalue weighted by atomic mass is 32.1. The molecule has 3 aromatic carbocycles. The number of ether oxygens (including phenoxy) is 2. The number of rotatable bonds is 12. The van der Waals surface area contributed by atoms with E-state index in [2.05, 4.69) is 18.2 Å². The zero-order valence-corrected chi connectivity index (χ0v) is 33.1. The fraction of sp³-hybridized carbons (Fsp3) is 0.316. The molecule has 3 aromatic heterocycles. The molecule has 0 aliphatic rings. The van der Waals surface area contributed by atoms with Crippen LogP contribution in [0.5, 0.6) is 0 Å². The number of aromatic nitrogens is 2. The zero-order valence-electron chi connectivity index (χ0n) is 30.7. The SMILES string of the molecule is FC(F)(F)C(OCCc1ccc(-c2ccc(-c3ccc(-c4ccc(-c5ccc(CCOC(C(F)(F)F)(C(F)(F)F)C(F)(F)F)cc5)s4)c4nsnc34)s2)cc1)(C(F)(F)F)C(F)(F)F. The summed E-state index contributed by atoms with van der Waals surface area (Å²) >= 11 is 3.49. The summed E-state index contributed by atoms with van der Waals surface area (Å²) in [5, 5.41) is 0. The number of alkyl halides is 18. The van der Waals surface area contributed by atoms with Gasteiger partial charge in [0.25, 0.3) is 0 Å². The molecule has 6 aromatic rings. The highest BCUT2D eigenvalue weighted by Crippen LogP contribution is 2.56. The van der Waals surface area contributed by atoms with Crippen LogP contribution in [0.2, 0.25) is 0 Å². The topological polar surface area (TPSA) is 44.2 Å². The average molecular weight is 977 g/mol. The van der Waals surface area contributed by atoms with Crippen LogP contribution < -0.4 is 0 Å². The lowest BCUT2D eigenvalue weighted by Crippen LogP contribution is -2.67. The van der Waals surface area contributed by atoms with Gasteiger partial charge in [0, 0.05) is 30.6 Å². The van der Waals surface area contributed by atoms with Crippen LogP contribution in [-0.4, -0.2) is 70.2 Å². The van der Waals surface area contributed by atoms with Crippen molar-refractivity contribution in [3.05, 3.63) is 96.1 Å². The van der Waals surface area contributed by atoms with Crippen molar-refractivity contribution >= 4 is 45.4 Å². The van der Waals surface area contributed by atoms with E-state index in [9.17, 15) is 79.0 Å². The van der Waals surface area contributed by atoms with Gasteiger partial charge in [0.2, 0.25) is 0 Å². The van der Waals surface area contributed by atoms with Crippen LogP contribution in [0.4, 0.5) is 79.0 Å². The van der Waals surface area contributed by atoms with E-state index in [-0.39, 0.29) is 11.1 Å². The Morgan fingerprint density at radius 2 is 0.651 bits per heavy atom. The molecule has 340 valence electrons. The second kappa shape index (κ2) is 16.8. The summed E-state index contributed by atoms with van der Waals surface area (Å²) < 4.78 is 253. The normalized spacial score (nSPS) is 13.9. The molecule has 63 heavy (non-hydrogen) atoms. The van der Waals surface area contributed by atoms with Crippen LogP contribution in [0.25, 0.3) is 52.8 Å². The summed E-state index contributed by atoms with van der Waals surface area (Å²) in [5.74, 6) is 0. The lowest BCUT2D eigenvalue weighted by Gasteiger charge is -2.38. The minimum Gasteiger partial charge on any atom is -0.351 e. The van der Waals surface area contributed by atoms with E-state index in [4.69, 9.17) is 0 Å². The molecule has 0 amide bonds. The van der Waals surface area contributed by atoms with Crippen molar-refractivity contribution in [2.75, 3.05) is 13.2 Å². The molecule has 4 nitrogen and oxygen atoms in total. The van der Waals surface area contributed by atoms with Gasteiger partial charge < -0.3 is 9.47 Å². The predicted molar refractivity (Wildman–Crippen MR) is 196 cm³/mol. The molecule has 0 aliphatic carbocycles. The van der Waals surface area contributed by atoms with Crippen molar-refractivity contribution in [3.8, 4) is 41.8 Å². The standard InChI is InChI=1S/C38H22F18N2O2S3/c39-33(40,41)31(34(42,43)44,35(45,46)47)59-17-15-19-1-5-21(6-2-19)25-11-13-27(61-25)23-9-10-24(30-29(23)57-63-58-30)28-14-12-26(62-28)22-7-3-20(4-8-22)16-18-60-32(36(48,49)50,37(51,52)53)38(54,55)56/h1-14H,15-18H2. The first-order valence-corrected chi connectivity index (χ1v) is 19.7. The minimum atomic E-state index is -6.84. The quantitative estimate of drug-likeness (QED) is 0.115. The summed E-state index contributed by atoms with van der Waals surface area (Å²) in [4.78, 5) is 2.76. The Morgan fingerprint density at radius 3 is 0.937 bits per heavy atom. The van der Waals surface area contributed by atoms with Gasteiger partial charge in [0.15, 0.2) is 0 Å². The third kappa shape index (κ3) is 8.99. The summed E-state index contributed by atoms with van der Waals surface area (Å²) in [7, 11) is 0. The Hall–Kier alpha value is -4.46. The second-order valence-electron chi connectivity index (χ2n) is 13.4. The summed E-state index contributed by atoms with van der Waals surface area (Å²) in [6.45, 7) is -3.10. The van der Waals surface area contributed by atoms with Crippen LogP contribution in [0.15, 0.2) is 84.9 Å². The molecule has 6 rings (SSSR count). The van der Waals surface area contributed by atoms with Crippen LogP contribution in [0.3, 0.4) is 0 Å². The first kappa shape index (κ1) is 48.0. The Morgan fingerprint density at radius 1 is 0.365 bits per heavy atom. The maximum Gasteiger partial charge on any atom is 0.435 e. The lowest BCUT2D eigenvalue weighted by molar-refractivity contribution is -0.458. The maximum absolute atomic E-state index is 13.2. The Kier molecular flexibility index (Phi) is 12.8. The zero-order chi connectivity index (χ0) is 46.6. The molecule has 3 heterocycles. The van der Waals surface area contributed by atoms with Crippen LogP contribution in [-0.2, 0) is 22.3 Å². The summed E-state index contributed by atoms with van der Waals surface area (Å²) in [5.41, 5.74) is -9.04. The fourth-order valence-corrected chi connectivity index (χ4v) is 8.96. The molecule has 0 saturated heterocycles. The van der Waals surface area contributed by atoms with Crippen molar-refractivity contribution in [1.82, 2.24) is 8.75 Å². The van der Waals surface area contributed by atoms with Crippen LogP contribution in [0, 0.1) is 0 Å². The Bertz CT molecular complexity index is 2260. The Balaban J connectivity index is 1.13. The molecule has 0 spiro atoms. The van der Waals surface area contributed by atoms with Crippen LogP contribution in [0.1, 0.15) is 11.1 Å². The molecule has 0 unspecified atom stereocenters. The van der Waals surface area contributed by atoms with Crippen molar-refractivity contribution < 1.29 is 88.5 Å². The average Bonchev–Trinajstić information content (AvgIpc) is 3.94. The molecule has 0 N–H and O–H groups in total. The smallest absolute Gasteiger partial charge is 0.351 e. The molecule has 0 aliphatic heterocycles.